The summed E-state index contributed by atoms with van der Waals surface area (Å²) >= 11 is 0. The summed E-state index contributed by atoms with van der Waals surface area (Å²) in [6.45, 7) is 0. The van der Waals surface area contributed by atoms with Crippen LogP contribution in [0.2, 0.25) is 0 Å². The summed E-state index contributed by atoms with van der Waals surface area (Å²) in [5, 5.41) is 0. The van der Waals surface area contributed by atoms with Crippen LogP contribution in [-0.4, -0.2) is 26.2 Å². The summed E-state index contributed by atoms with van der Waals surface area (Å²) in [5.74, 6) is -0.241. The van der Waals surface area contributed by atoms with E-state index in [2.05, 4.69) is 0 Å². The summed E-state index contributed by atoms with van der Waals surface area (Å²) in [4.78, 5) is 42.3. The Hall–Kier alpha value is -0.870. The topological polar surface area (TPSA) is 94.8 Å². The molecule has 0 aliphatic heterocycles. The van der Waals surface area contributed by atoms with Crippen molar-refractivity contribution in [3.8, 4) is 0 Å². The van der Waals surface area contributed by atoms with Gasteiger partial charge < -0.3 is 14.7 Å². The Kier molecular flexibility index (Phi) is 5.32. The zero-order chi connectivity index (χ0) is 9.56. The molecule has 66 valence electrons. The van der Waals surface area contributed by atoms with Gasteiger partial charge in [-0.15, -0.1) is 0 Å². The zero-order valence-electron chi connectivity index (χ0n) is 5.91. The minimum Gasteiger partial charge on any atom is -0.328 e. The SMILES string of the molecule is O=C1C=CC(=O)C=C1.OP(O)O. The van der Waals surface area contributed by atoms with Gasteiger partial charge in [0.2, 0.25) is 0 Å². The molecular weight excluding hydrogens is 183 g/mol. The third-order valence-electron chi connectivity index (χ3n) is 0.824. The van der Waals surface area contributed by atoms with E-state index >= 15 is 0 Å². The van der Waals surface area contributed by atoms with Gasteiger partial charge in [0.25, 0.3) is 0 Å². The van der Waals surface area contributed by atoms with Crippen molar-refractivity contribution < 1.29 is 24.3 Å². The lowest BCUT2D eigenvalue weighted by Gasteiger charge is -1.87. The Bertz CT molecular complexity index is 189. The van der Waals surface area contributed by atoms with Gasteiger partial charge in [-0.2, -0.15) is 0 Å². The van der Waals surface area contributed by atoms with E-state index in [1.165, 1.54) is 24.3 Å². The van der Waals surface area contributed by atoms with Crippen LogP contribution in [0.3, 0.4) is 0 Å². The third-order valence-corrected chi connectivity index (χ3v) is 0.824. The molecule has 0 aromatic carbocycles. The predicted molar refractivity (Wildman–Crippen MR) is 41.9 cm³/mol. The lowest BCUT2D eigenvalue weighted by Crippen LogP contribution is -1.97. The number of hydrogen-bond acceptors (Lipinski definition) is 5. The van der Waals surface area contributed by atoms with Crippen molar-refractivity contribution in [1.82, 2.24) is 0 Å². The number of allylic oxidation sites excluding steroid dienone is 4. The monoisotopic (exact) mass is 190 g/mol. The molecule has 0 aromatic heterocycles. The van der Waals surface area contributed by atoms with Crippen LogP contribution < -0.4 is 0 Å². The maximum atomic E-state index is 10.3. The predicted octanol–water partition coefficient (Wildman–Crippen LogP) is -0.559. The third kappa shape index (κ3) is 7.24. The quantitative estimate of drug-likeness (QED) is 0.351. The van der Waals surface area contributed by atoms with Crippen LogP contribution in [0.4, 0.5) is 0 Å². The summed E-state index contributed by atoms with van der Waals surface area (Å²) < 4.78 is 0. The van der Waals surface area contributed by atoms with Gasteiger partial charge in [-0.3, -0.25) is 9.59 Å². The highest BCUT2D eigenvalue weighted by molar-refractivity contribution is 7.38. The Morgan fingerprint density at radius 3 is 1.17 bits per heavy atom. The van der Waals surface area contributed by atoms with Crippen molar-refractivity contribution >= 4 is 20.2 Å². The van der Waals surface area contributed by atoms with Crippen LogP contribution in [0.5, 0.6) is 0 Å². The first-order chi connectivity index (χ1) is 5.52. The van der Waals surface area contributed by atoms with Crippen LogP contribution in [0, 0.1) is 0 Å². The Morgan fingerprint density at radius 1 is 0.833 bits per heavy atom. The van der Waals surface area contributed by atoms with Crippen molar-refractivity contribution in [2.24, 2.45) is 0 Å². The van der Waals surface area contributed by atoms with Gasteiger partial charge in [0.15, 0.2) is 11.6 Å². The number of hydrogen-bond donors (Lipinski definition) is 3. The van der Waals surface area contributed by atoms with Crippen molar-refractivity contribution in [1.29, 1.82) is 0 Å². The number of carbonyl (C=O) groups excluding carboxylic acids is 2. The van der Waals surface area contributed by atoms with Gasteiger partial charge in [-0.25, -0.2) is 0 Å². The van der Waals surface area contributed by atoms with Gasteiger partial charge in [0, 0.05) is 0 Å². The molecule has 12 heavy (non-hydrogen) atoms. The fourth-order valence-electron chi connectivity index (χ4n) is 0.440. The Morgan fingerprint density at radius 2 is 1.00 bits per heavy atom. The van der Waals surface area contributed by atoms with E-state index in [-0.39, 0.29) is 11.6 Å². The Labute approximate surface area is 69.7 Å². The first-order valence-electron chi connectivity index (χ1n) is 2.83. The average molecular weight is 190 g/mol. The van der Waals surface area contributed by atoms with E-state index in [4.69, 9.17) is 14.7 Å². The molecule has 3 N–H and O–H groups in total. The molecule has 0 unspecified atom stereocenters. The second-order valence-electron chi connectivity index (χ2n) is 1.74. The molecule has 0 heterocycles. The zero-order valence-corrected chi connectivity index (χ0v) is 6.81. The highest BCUT2D eigenvalue weighted by Gasteiger charge is 1.97. The lowest BCUT2D eigenvalue weighted by atomic mass is 10.2. The van der Waals surface area contributed by atoms with E-state index in [9.17, 15) is 9.59 Å². The standard InChI is InChI=1S/C6H4O2.H3O3P/c7-5-1-2-6(8)4-3-5;1-4(2)3/h1-4H;1-3H. The molecule has 0 radical (unpaired) electrons. The molecule has 0 bridgehead atoms. The highest BCUT2D eigenvalue weighted by Crippen LogP contribution is 2.11. The minimum absolute atomic E-state index is 0.121. The van der Waals surface area contributed by atoms with Crippen LogP contribution in [-0.2, 0) is 9.59 Å². The minimum atomic E-state index is -2.62. The summed E-state index contributed by atoms with van der Waals surface area (Å²) in [6.07, 6.45) is 5.01. The molecule has 1 aliphatic carbocycles. The highest BCUT2D eigenvalue weighted by atomic mass is 31.2. The normalized spacial score (nSPS) is 14.7. The first kappa shape index (κ1) is 11.1. The van der Waals surface area contributed by atoms with Crippen LogP contribution >= 0.6 is 8.60 Å². The molecule has 0 spiro atoms. The van der Waals surface area contributed by atoms with Crippen LogP contribution in [0.15, 0.2) is 24.3 Å². The number of carbonyl (C=O) groups is 2. The number of rotatable bonds is 0. The van der Waals surface area contributed by atoms with E-state index in [0.717, 1.165) is 0 Å². The van der Waals surface area contributed by atoms with Gasteiger partial charge in [0.1, 0.15) is 0 Å². The van der Waals surface area contributed by atoms with Crippen molar-refractivity contribution in [3.05, 3.63) is 24.3 Å². The largest absolute Gasteiger partial charge is 0.328 e. The molecule has 0 fully saturated rings. The van der Waals surface area contributed by atoms with Gasteiger partial charge >= 0.3 is 8.60 Å². The molecule has 0 atom stereocenters. The molecule has 1 aliphatic rings. The van der Waals surface area contributed by atoms with Crippen molar-refractivity contribution in [2.75, 3.05) is 0 Å². The van der Waals surface area contributed by atoms with E-state index in [1.54, 1.807) is 0 Å². The summed E-state index contributed by atoms with van der Waals surface area (Å²) in [6, 6.07) is 0. The molecule has 1 rings (SSSR count). The van der Waals surface area contributed by atoms with Crippen LogP contribution in [0.1, 0.15) is 0 Å². The van der Waals surface area contributed by atoms with Gasteiger partial charge in [-0.1, -0.05) is 0 Å². The maximum absolute atomic E-state index is 10.3. The molecule has 0 saturated heterocycles. The maximum Gasteiger partial charge on any atom is 0.324 e. The van der Waals surface area contributed by atoms with Crippen molar-refractivity contribution in [2.45, 2.75) is 0 Å². The summed E-state index contributed by atoms with van der Waals surface area (Å²) in [5.41, 5.74) is 0. The lowest BCUT2D eigenvalue weighted by molar-refractivity contribution is -0.113. The summed E-state index contributed by atoms with van der Waals surface area (Å²) in [7, 11) is -2.62. The second kappa shape index (κ2) is 5.74. The van der Waals surface area contributed by atoms with E-state index < -0.39 is 8.60 Å². The van der Waals surface area contributed by atoms with Crippen LogP contribution in [0.25, 0.3) is 0 Å². The molecule has 6 heteroatoms. The first-order valence-corrected chi connectivity index (χ1v) is 4.03. The second-order valence-corrected chi connectivity index (χ2v) is 2.28. The molecule has 0 saturated carbocycles. The fourth-order valence-corrected chi connectivity index (χ4v) is 0.440. The molecular formula is C6H7O5P. The smallest absolute Gasteiger partial charge is 0.324 e. The Balaban J connectivity index is 0.000000261. The van der Waals surface area contributed by atoms with E-state index in [1.807, 2.05) is 0 Å². The number of ketones is 2. The fraction of sp³-hybridized carbons (Fsp3) is 0. The molecule has 0 amide bonds. The van der Waals surface area contributed by atoms with Crippen molar-refractivity contribution in [3.63, 3.8) is 0 Å². The van der Waals surface area contributed by atoms with Gasteiger partial charge in [-0.05, 0) is 24.3 Å². The van der Waals surface area contributed by atoms with Gasteiger partial charge in [0.05, 0.1) is 0 Å². The molecule has 5 nitrogen and oxygen atoms in total. The molecule has 0 aromatic rings. The average Bonchev–Trinajstić information content (AvgIpc) is 1.94. The van der Waals surface area contributed by atoms with E-state index in [0.29, 0.717) is 0 Å².